The van der Waals surface area contributed by atoms with Gasteiger partial charge in [-0.1, -0.05) is 0 Å². The van der Waals surface area contributed by atoms with Crippen LogP contribution in [0.2, 0.25) is 0 Å². The number of aromatic hydroxyl groups is 1. The number of hydrogen-bond donors (Lipinski definition) is 1. The van der Waals surface area contributed by atoms with E-state index < -0.39 is 0 Å². The van der Waals surface area contributed by atoms with Gasteiger partial charge in [-0.15, -0.1) is 0 Å². The number of fused-ring (bicyclic) bond motifs is 1. The van der Waals surface area contributed by atoms with Crippen molar-refractivity contribution >= 4 is 11.8 Å². The summed E-state index contributed by atoms with van der Waals surface area (Å²) >= 11 is 0. The Bertz CT molecular complexity index is 727. The van der Waals surface area contributed by atoms with Gasteiger partial charge in [-0.25, -0.2) is 0 Å². The third kappa shape index (κ3) is 2.90. The SMILES string of the molecule is Cc1cc(O)cc(=O)n1CCC(=O)N1CCC[C@H]2C(=O)N(C)C[C@H]21. The first-order valence-corrected chi connectivity index (χ1v) is 8.33. The van der Waals surface area contributed by atoms with E-state index in [9.17, 15) is 19.5 Å². The zero-order valence-corrected chi connectivity index (χ0v) is 14.1. The Morgan fingerprint density at radius 3 is 2.79 bits per heavy atom. The summed E-state index contributed by atoms with van der Waals surface area (Å²) in [7, 11) is 1.78. The van der Waals surface area contributed by atoms with E-state index in [0.29, 0.717) is 18.8 Å². The van der Waals surface area contributed by atoms with E-state index in [-0.39, 0.29) is 48.0 Å². The largest absolute Gasteiger partial charge is 0.508 e. The molecule has 3 rings (SSSR count). The van der Waals surface area contributed by atoms with Crippen LogP contribution >= 0.6 is 0 Å². The van der Waals surface area contributed by atoms with Crippen LogP contribution < -0.4 is 5.56 Å². The van der Waals surface area contributed by atoms with E-state index in [4.69, 9.17) is 0 Å². The summed E-state index contributed by atoms with van der Waals surface area (Å²) < 4.78 is 1.49. The lowest BCUT2D eigenvalue weighted by molar-refractivity contribution is -0.137. The maximum atomic E-state index is 12.6. The number of pyridine rings is 1. The van der Waals surface area contributed by atoms with Crippen molar-refractivity contribution in [3.05, 3.63) is 28.2 Å². The lowest BCUT2D eigenvalue weighted by atomic mass is 9.91. The number of carbonyl (C=O) groups excluding carboxylic acids is 2. The van der Waals surface area contributed by atoms with Crippen LogP contribution in [0.1, 0.15) is 25.0 Å². The number of carbonyl (C=O) groups is 2. The molecule has 0 unspecified atom stereocenters. The fraction of sp³-hybridized carbons (Fsp3) is 0.588. The lowest BCUT2D eigenvalue weighted by Gasteiger charge is -2.36. The average molecular weight is 333 g/mol. The van der Waals surface area contributed by atoms with Gasteiger partial charge in [-0.05, 0) is 25.8 Å². The Hall–Kier alpha value is -2.31. The molecule has 24 heavy (non-hydrogen) atoms. The number of aromatic nitrogens is 1. The predicted octanol–water partition coefficient (Wildman–Crippen LogP) is 0.332. The van der Waals surface area contributed by atoms with Crippen LogP contribution in [0.3, 0.4) is 0 Å². The third-order valence-electron chi connectivity index (χ3n) is 5.12. The number of aryl methyl sites for hydroxylation is 1. The van der Waals surface area contributed by atoms with Crippen molar-refractivity contribution in [2.24, 2.45) is 5.92 Å². The fourth-order valence-electron chi connectivity index (χ4n) is 3.88. The second-order valence-corrected chi connectivity index (χ2v) is 6.72. The van der Waals surface area contributed by atoms with Crippen LogP contribution in [0.25, 0.3) is 0 Å². The van der Waals surface area contributed by atoms with Crippen molar-refractivity contribution in [3.8, 4) is 5.75 Å². The molecule has 1 aromatic heterocycles. The van der Waals surface area contributed by atoms with E-state index in [1.807, 2.05) is 4.90 Å². The van der Waals surface area contributed by atoms with E-state index >= 15 is 0 Å². The van der Waals surface area contributed by atoms with Gasteiger partial charge in [-0.3, -0.25) is 14.4 Å². The first kappa shape index (κ1) is 16.5. The summed E-state index contributed by atoms with van der Waals surface area (Å²) in [5.41, 5.74) is 0.313. The van der Waals surface area contributed by atoms with Gasteiger partial charge in [0.2, 0.25) is 11.8 Å². The Balaban J connectivity index is 1.69. The molecule has 0 saturated carbocycles. The zero-order chi connectivity index (χ0) is 17.4. The minimum Gasteiger partial charge on any atom is -0.508 e. The summed E-state index contributed by atoms with van der Waals surface area (Å²) in [5.74, 6) is -0.0347. The van der Waals surface area contributed by atoms with Crippen molar-refractivity contribution in [3.63, 3.8) is 0 Å². The molecule has 0 aromatic carbocycles. The molecule has 2 saturated heterocycles. The van der Waals surface area contributed by atoms with Gasteiger partial charge in [0.1, 0.15) is 5.75 Å². The summed E-state index contributed by atoms with van der Waals surface area (Å²) in [6.45, 7) is 3.27. The molecule has 0 bridgehead atoms. The van der Waals surface area contributed by atoms with Gasteiger partial charge < -0.3 is 19.5 Å². The molecule has 2 atom stereocenters. The van der Waals surface area contributed by atoms with Crippen LogP contribution in [0.4, 0.5) is 0 Å². The van der Waals surface area contributed by atoms with Crippen molar-refractivity contribution < 1.29 is 14.7 Å². The van der Waals surface area contributed by atoms with E-state index in [2.05, 4.69) is 0 Å². The first-order valence-electron chi connectivity index (χ1n) is 8.33. The number of likely N-dealkylation sites (N-methyl/N-ethyl adjacent to an activating group) is 1. The molecule has 0 aliphatic carbocycles. The summed E-state index contributed by atoms with van der Waals surface area (Å²) in [4.78, 5) is 40.2. The summed E-state index contributed by atoms with van der Waals surface area (Å²) in [5, 5.41) is 9.43. The van der Waals surface area contributed by atoms with Gasteiger partial charge in [0.05, 0.1) is 12.0 Å². The molecule has 2 amide bonds. The van der Waals surface area contributed by atoms with E-state index in [0.717, 1.165) is 18.9 Å². The second kappa shape index (κ2) is 6.30. The fourth-order valence-corrected chi connectivity index (χ4v) is 3.88. The molecule has 1 N–H and O–H groups in total. The Morgan fingerprint density at radius 1 is 1.33 bits per heavy atom. The Labute approximate surface area is 140 Å². The van der Waals surface area contributed by atoms with Crippen LogP contribution in [-0.2, 0) is 16.1 Å². The molecule has 3 heterocycles. The molecule has 2 aliphatic rings. The first-order chi connectivity index (χ1) is 11.4. The standard InChI is InChI=1S/C17H23N3O4/c1-11-8-12(21)9-16(23)19(11)7-5-15(22)20-6-3-4-13-14(20)10-18(2)17(13)24/h8-9,13-14,21H,3-7,10H2,1-2H3/t13-,14-/m1/s1. The number of likely N-dealkylation sites (tertiary alicyclic amines) is 2. The normalized spacial score (nSPS) is 23.5. The molecule has 7 nitrogen and oxygen atoms in total. The van der Waals surface area contributed by atoms with Crippen LogP contribution in [0, 0.1) is 12.8 Å². The van der Waals surface area contributed by atoms with Gasteiger partial charge in [-0.2, -0.15) is 0 Å². The molecule has 0 radical (unpaired) electrons. The van der Waals surface area contributed by atoms with E-state index in [1.165, 1.54) is 10.6 Å². The number of rotatable bonds is 3. The van der Waals surface area contributed by atoms with Gasteiger partial charge >= 0.3 is 0 Å². The molecular formula is C17H23N3O4. The minimum atomic E-state index is -0.312. The zero-order valence-electron chi connectivity index (χ0n) is 14.1. The van der Waals surface area contributed by atoms with Crippen LogP contribution in [0.15, 0.2) is 16.9 Å². The number of amides is 2. The molecular weight excluding hydrogens is 310 g/mol. The highest BCUT2D eigenvalue weighted by Crippen LogP contribution is 2.31. The van der Waals surface area contributed by atoms with E-state index in [1.54, 1.807) is 18.9 Å². The predicted molar refractivity (Wildman–Crippen MR) is 87.6 cm³/mol. The Kier molecular flexibility index (Phi) is 4.34. The second-order valence-electron chi connectivity index (χ2n) is 6.72. The number of nitrogens with zero attached hydrogens (tertiary/aromatic N) is 3. The van der Waals surface area contributed by atoms with Crippen molar-refractivity contribution in [1.29, 1.82) is 0 Å². The highest BCUT2D eigenvalue weighted by atomic mass is 16.3. The summed E-state index contributed by atoms with van der Waals surface area (Å²) in [6.07, 6.45) is 1.89. The molecule has 1 aromatic rings. The Morgan fingerprint density at radius 2 is 2.08 bits per heavy atom. The highest BCUT2D eigenvalue weighted by Gasteiger charge is 2.45. The molecule has 130 valence electrons. The van der Waals surface area contributed by atoms with Crippen LogP contribution in [0.5, 0.6) is 5.75 Å². The summed E-state index contributed by atoms with van der Waals surface area (Å²) in [6, 6.07) is 2.62. The maximum Gasteiger partial charge on any atom is 0.254 e. The molecule has 2 aliphatic heterocycles. The van der Waals surface area contributed by atoms with Gasteiger partial charge in [0.25, 0.3) is 5.56 Å². The molecule has 2 fully saturated rings. The van der Waals surface area contributed by atoms with Crippen LogP contribution in [-0.4, -0.2) is 57.5 Å². The number of hydrogen-bond acceptors (Lipinski definition) is 4. The average Bonchev–Trinajstić information content (AvgIpc) is 2.81. The van der Waals surface area contributed by atoms with Crippen molar-refractivity contribution in [1.82, 2.24) is 14.4 Å². The molecule has 7 heteroatoms. The topological polar surface area (TPSA) is 82.8 Å². The number of piperidine rings is 1. The van der Waals surface area contributed by atoms with Crippen molar-refractivity contribution in [2.45, 2.75) is 38.8 Å². The maximum absolute atomic E-state index is 12.6. The smallest absolute Gasteiger partial charge is 0.254 e. The van der Waals surface area contributed by atoms with Gasteiger partial charge in [0.15, 0.2) is 0 Å². The monoisotopic (exact) mass is 333 g/mol. The van der Waals surface area contributed by atoms with Gasteiger partial charge in [0, 0.05) is 44.9 Å². The minimum absolute atomic E-state index is 0.0211. The molecule has 0 spiro atoms. The van der Waals surface area contributed by atoms with Crippen molar-refractivity contribution in [2.75, 3.05) is 20.1 Å². The third-order valence-corrected chi connectivity index (χ3v) is 5.12. The highest BCUT2D eigenvalue weighted by molar-refractivity contribution is 5.84. The lowest BCUT2D eigenvalue weighted by Crippen LogP contribution is -2.49. The quantitative estimate of drug-likeness (QED) is 0.864.